The molecular weight excluding hydrogens is 223 g/mol. The summed E-state index contributed by atoms with van der Waals surface area (Å²) in [6.07, 6.45) is 0.244. The van der Waals surface area contributed by atoms with Crippen molar-refractivity contribution in [1.29, 1.82) is 0 Å². The molecule has 0 saturated carbocycles. The number of carbonyl (C=O) groups excluding carboxylic acids is 1. The Bertz CT molecular complexity index is 426. The second-order valence-electron chi connectivity index (χ2n) is 3.53. The molecule has 0 fully saturated rings. The van der Waals surface area contributed by atoms with E-state index in [0.717, 1.165) is 5.56 Å². The normalized spacial score (nSPS) is 14.4. The van der Waals surface area contributed by atoms with Gasteiger partial charge >= 0.3 is 0 Å². The lowest BCUT2D eigenvalue weighted by Crippen LogP contribution is -2.07. The number of aryl methyl sites for hydroxylation is 1. The van der Waals surface area contributed by atoms with Gasteiger partial charge in [0.05, 0.1) is 6.61 Å². The Kier molecular flexibility index (Phi) is 4.45. The summed E-state index contributed by atoms with van der Waals surface area (Å²) in [5, 5.41) is 0. The van der Waals surface area contributed by atoms with E-state index >= 15 is 0 Å². The van der Waals surface area contributed by atoms with E-state index in [2.05, 4.69) is 0 Å². The van der Waals surface area contributed by atoms with Crippen molar-refractivity contribution < 1.29 is 13.9 Å². The van der Waals surface area contributed by atoms with Gasteiger partial charge in [0.15, 0.2) is 0 Å². The van der Waals surface area contributed by atoms with Crippen molar-refractivity contribution in [3.05, 3.63) is 35.4 Å². The zero-order valence-electron chi connectivity index (χ0n) is 9.90. The smallest absolute Gasteiger partial charge is 0.271 e. The van der Waals surface area contributed by atoms with Crippen LogP contribution in [0.25, 0.3) is 0 Å². The highest BCUT2D eigenvalue weighted by Gasteiger charge is 2.32. The second kappa shape index (κ2) is 5.42. The van der Waals surface area contributed by atoms with Crippen molar-refractivity contribution in [3.63, 3.8) is 0 Å². The zero-order valence-corrected chi connectivity index (χ0v) is 10.8. The Labute approximate surface area is 96.3 Å². The van der Waals surface area contributed by atoms with E-state index in [9.17, 15) is 9.36 Å². The first-order valence-corrected chi connectivity index (χ1v) is 7.20. The van der Waals surface area contributed by atoms with Crippen LogP contribution < -0.4 is 0 Å². The van der Waals surface area contributed by atoms with Crippen molar-refractivity contribution in [1.82, 2.24) is 0 Å². The average Bonchev–Trinajstić information content (AvgIpc) is 2.29. The molecule has 0 aliphatic carbocycles. The SMILES string of the molecule is CCOP(=O)(CC)C(=O)c1ccccc1C. The van der Waals surface area contributed by atoms with Gasteiger partial charge in [0.1, 0.15) is 0 Å². The van der Waals surface area contributed by atoms with E-state index in [1.807, 2.05) is 19.1 Å². The van der Waals surface area contributed by atoms with Crippen LogP contribution in [0.2, 0.25) is 0 Å². The first-order valence-electron chi connectivity index (χ1n) is 5.39. The first-order chi connectivity index (χ1) is 7.55. The Balaban J connectivity index is 3.10. The largest absolute Gasteiger partial charge is 0.323 e. The summed E-state index contributed by atoms with van der Waals surface area (Å²) in [5.41, 5.74) is 0.969. The molecule has 0 heterocycles. The van der Waals surface area contributed by atoms with Crippen LogP contribution in [0.5, 0.6) is 0 Å². The molecular formula is C12H17O3P. The van der Waals surface area contributed by atoms with Gasteiger partial charge in [-0.3, -0.25) is 9.36 Å². The molecule has 4 heteroatoms. The average molecular weight is 240 g/mol. The molecule has 0 spiro atoms. The van der Waals surface area contributed by atoms with E-state index < -0.39 is 7.37 Å². The van der Waals surface area contributed by atoms with Crippen molar-refractivity contribution >= 4 is 12.9 Å². The third kappa shape index (κ3) is 2.60. The number of hydrogen-bond acceptors (Lipinski definition) is 3. The highest BCUT2D eigenvalue weighted by Crippen LogP contribution is 2.49. The topological polar surface area (TPSA) is 43.4 Å². The predicted octanol–water partition coefficient (Wildman–Crippen LogP) is 3.47. The minimum atomic E-state index is -3.18. The Morgan fingerprint density at radius 1 is 1.31 bits per heavy atom. The highest BCUT2D eigenvalue weighted by atomic mass is 31.2. The molecule has 1 atom stereocenters. The standard InChI is InChI=1S/C12H17O3P/c1-4-15-16(14,5-2)12(13)11-9-7-6-8-10(11)3/h6-9H,4-5H2,1-3H3. The maximum absolute atomic E-state index is 12.3. The van der Waals surface area contributed by atoms with Gasteiger partial charge in [0, 0.05) is 11.7 Å². The molecule has 0 N–H and O–H groups in total. The van der Waals surface area contributed by atoms with E-state index in [4.69, 9.17) is 4.52 Å². The molecule has 0 saturated heterocycles. The fourth-order valence-electron chi connectivity index (χ4n) is 1.50. The lowest BCUT2D eigenvalue weighted by molar-refractivity contribution is 0.105. The molecule has 1 rings (SSSR count). The summed E-state index contributed by atoms with van der Waals surface area (Å²) in [7, 11) is -3.18. The molecule has 0 aromatic heterocycles. The molecule has 16 heavy (non-hydrogen) atoms. The lowest BCUT2D eigenvalue weighted by Gasteiger charge is -2.15. The second-order valence-corrected chi connectivity index (χ2v) is 6.17. The number of rotatable bonds is 5. The Morgan fingerprint density at radius 3 is 2.44 bits per heavy atom. The summed E-state index contributed by atoms with van der Waals surface area (Å²) >= 11 is 0. The molecule has 3 nitrogen and oxygen atoms in total. The molecule has 0 aliphatic rings. The fraction of sp³-hybridized carbons (Fsp3) is 0.417. The highest BCUT2D eigenvalue weighted by molar-refractivity contribution is 7.76. The summed E-state index contributed by atoms with van der Waals surface area (Å²) in [6.45, 7) is 5.59. The number of carbonyl (C=O) groups is 1. The van der Waals surface area contributed by atoms with Crippen LogP contribution in [-0.4, -0.2) is 18.3 Å². The van der Waals surface area contributed by atoms with Crippen LogP contribution in [-0.2, 0) is 9.09 Å². The van der Waals surface area contributed by atoms with Crippen LogP contribution in [0, 0.1) is 6.92 Å². The monoisotopic (exact) mass is 240 g/mol. The van der Waals surface area contributed by atoms with Gasteiger partial charge in [-0.05, 0) is 19.4 Å². The first kappa shape index (κ1) is 13.1. The van der Waals surface area contributed by atoms with Gasteiger partial charge in [-0.15, -0.1) is 0 Å². The molecule has 88 valence electrons. The summed E-state index contributed by atoms with van der Waals surface area (Å²) in [5.74, 6) is 0. The van der Waals surface area contributed by atoms with E-state index in [1.54, 1.807) is 26.0 Å². The lowest BCUT2D eigenvalue weighted by atomic mass is 10.1. The van der Waals surface area contributed by atoms with Crippen molar-refractivity contribution in [2.45, 2.75) is 20.8 Å². The molecule has 1 unspecified atom stereocenters. The minimum Gasteiger partial charge on any atom is -0.323 e. The van der Waals surface area contributed by atoms with Crippen LogP contribution in [0.3, 0.4) is 0 Å². The third-order valence-electron chi connectivity index (χ3n) is 2.44. The fourth-order valence-corrected chi connectivity index (χ4v) is 3.12. The maximum Gasteiger partial charge on any atom is 0.271 e. The maximum atomic E-state index is 12.3. The Morgan fingerprint density at radius 2 is 1.94 bits per heavy atom. The molecule has 0 amide bonds. The van der Waals surface area contributed by atoms with E-state index in [0.29, 0.717) is 12.2 Å². The van der Waals surface area contributed by atoms with Crippen LogP contribution >= 0.6 is 7.37 Å². The quantitative estimate of drug-likeness (QED) is 0.740. The van der Waals surface area contributed by atoms with Crippen LogP contribution in [0.1, 0.15) is 29.8 Å². The Hall–Kier alpha value is -0.920. The van der Waals surface area contributed by atoms with Crippen LogP contribution in [0.4, 0.5) is 0 Å². The summed E-state index contributed by atoms with van der Waals surface area (Å²) in [6, 6.07) is 7.15. The molecule has 1 aromatic rings. The van der Waals surface area contributed by atoms with E-state index in [1.165, 1.54) is 0 Å². The van der Waals surface area contributed by atoms with Gasteiger partial charge in [-0.25, -0.2) is 0 Å². The summed E-state index contributed by atoms with van der Waals surface area (Å²) < 4.78 is 17.4. The van der Waals surface area contributed by atoms with Crippen molar-refractivity contribution in [2.75, 3.05) is 12.8 Å². The van der Waals surface area contributed by atoms with Gasteiger partial charge in [-0.1, -0.05) is 31.2 Å². The summed E-state index contributed by atoms with van der Waals surface area (Å²) in [4.78, 5) is 12.1. The van der Waals surface area contributed by atoms with Crippen molar-refractivity contribution in [2.24, 2.45) is 0 Å². The van der Waals surface area contributed by atoms with Crippen molar-refractivity contribution in [3.8, 4) is 0 Å². The number of benzene rings is 1. The predicted molar refractivity (Wildman–Crippen MR) is 65.3 cm³/mol. The van der Waals surface area contributed by atoms with E-state index in [-0.39, 0.29) is 11.7 Å². The minimum absolute atomic E-state index is 0.244. The number of hydrogen-bond donors (Lipinski definition) is 0. The molecule has 0 radical (unpaired) electrons. The van der Waals surface area contributed by atoms with Gasteiger partial charge in [0.2, 0.25) is 5.52 Å². The zero-order chi connectivity index (χ0) is 12.2. The third-order valence-corrected chi connectivity index (χ3v) is 4.81. The van der Waals surface area contributed by atoms with Gasteiger partial charge in [0.25, 0.3) is 7.37 Å². The van der Waals surface area contributed by atoms with Gasteiger partial charge < -0.3 is 4.52 Å². The molecule has 0 aliphatic heterocycles. The molecule has 1 aromatic carbocycles. The van der Waals surface area contributed by atoms with Crippen LogP contribution in [0.15, 0.2) is 24.3 Å². The van der Waals surface area contributed by atoms with Gasteiger partial charge in [-0.2, -0.15) is 0 Å². The molecule has 0 bridgehead atoms.